The van der Waals surface area contributed by atoms with Crippen molar-refractivity contribution in [2.45, 2.75) is 19.4 Å². The molecule has 4 heteroatoms. The minimum absolute atomic E-state index is 0. The highest BCUT2D eigenvalue weighted by atomic mass is 35.5. The molecule has 0 saturated carbocycles. The molecule has 0 aromatic rings. The van der Waals surface area contributed by atoms with Crippen LogP contribution in [0.25, 0.3) is 0 Å². The van der Waals surface area contributed by atoms with E-state index in [1.54, 1.807) is 7.11 Å². The van der Waals surface area contributed by atoms with Crippen molar-refractivity contribution >= 4 is 12.4 Å². The number of ether oxygens (including phenoxy) is 1. The van der Waals surface area contributed by atoms with Gasteiger partial charge in [-0.05, 0) is 13.8 Å². The Morgan fingerprint density at radius 2 is 2.00 bits per heavy atom. The smallest absolute Gasteiger partial charge is 0.0652 e. The second-order valence-electron chi connectivity index (χ2n) is 2.46. The Morgan fingerprint density at radius 3 is 2.11 bits per heavy atom. The zero-order valence-corrected chi connectivity index (χ0v) is 6.92. The fourth-order valence-electron chi connectivity index (χ4n) is 0.403. The van der Waals surface area contributed by atoms with Crippen molar-refractivity contribution in [1.29, 1.82) is 0 Å². The van der Waals surface area contributed by atoms with E-state index in [2.05, 4.69) is 5.43 Å². The van der Waals surface area contributed by atoms with Gasteiger partial charge in [0.05, 0.1) is 6.61 Å². The van der Waals surface area contributed by atoms with Gasteiger partial charge in [0.15, 0.2) is 0 Å². The molecule has 0 amide bonds. The Bertz CT molecular complexity index is 68.0. The Kier molecular flexibility index (Phi) is 6.61. The first kappa shape index (κ1) is 11.9. The summed E-state index contributed by atoms with van der Waals surface area (Å²) >= 11 is 0. The van der Waals surface area contributed by atoms with Crippen LogP contribution in [0.15, 0.2) is 0 Å². The highest BCUT2D eigenvalue weighted by molar-refractivity contribution is 5.85. The molecule has 0 spiro atoms. The van der Waals surface area contributed by atoms with Gasteiger partial charge in [-0.15, -0.1) is 12.4 Å². The fraction of sp³-hybridized carbons (Fsp3) is 1.00. The van der Waals surface area contributed by atoms with Gasteiger partial charge in [-0.1, -0.05) is 0 Å². The average molecular weight is 155 g/mol. The van der Waals surface area contributed by atoms with E-state index in [0.29, 0.717) is 6.61 Å². The molecule has 0 saturated heterocycles. The standard InChI is InChI=1S/C5H14N2O.ClH/c1-5(2,7-6)4-8-3;/h7H,4,6H2,1-3H3;1H. The molecular weight excluding hydrogens is 140 g/mol. The minimum Gasteiger partial charge on any atom is -0.383 e. The van der Waals surface area contributed by atoms with Gasteiger partial charge in [0.1, 0.15) is 0 Å². The molecule has 0 heterocycles. The van der Waals surface area contributed by atoms with Gasteiger partial charge >= 0.3 is 0 Å². The second-order valence-corrected chi connectivity index (χ2v) is 2.46. The number of hydrogen-bond donors (Lipinski definition) is 2. The van der Waals surface area contributed by atoms with Crippen LogP contribution in [-0.2, 0) is 4.74 Å². The Hall–Kier alpha value is 0.170. The lowest BCUT2D eigenvalue weighted by molar-refractivity contribution is 0.129. The van der Waals surface area contributed by atoms with Gasteiger partial charge in [-0.3, -0.25) is 11.3 Å². The number of nitrogens with two attached hydrogens (primary N) is 1. The van der Waals surface area contributed by atoms with Crippen LogP contribution in [0.1, 0.15) is 13.8 Å². The van der Waals surface area contributed by atoms with Crippen molar-refractivity contribution in [3.63, 3.8) is 0 Å². The van der Waals surface area contributed by atoms with E-state index in [9.17, 15) is 0 Å². The third kappa shape index (κ3) is 6.05. The number of hydrogen-bond acceptors (Lipinski definition) is 3. The molecule has 0 aliphatic carbocycles. The maximum atomic E-state index is 5.16. The van der Waals surface area contributed by atoms with Gasteiger partial charge in [0, 0.05) is 12.6 Å². The lowest BCUT2D eigenvalue weighted by atomic mass is 10.1. The Morgan fingerprint density at radius 1 is 1.56 bits per heavy atom. The molecule has 0 aliphatic heterocycles. The van der Waals surface area contributed by atoms with Crippen molar-refractivity contribution in [2.75, 3.05) is 13.7 Å². The van der Waals surface area contributed by atoms with E-state index in [-0.39, 0.29) is 17.9 Å². The minimum atomic E-state index is -0.102. The zero-order chi connectivity index (χ0) is 6.62. The van der Waals surface area contributed by atoms with Crippen LogP contribution in [0.3, 0.4) is 0 Å². The van der Waals surface area contributed by atoms with Gasteiger partial charge in [-0.25, -0.2) is 0 Å². The summed E-state index contributed by atoms with van der Waals surface area (Å²) < 4.78 is 4.86. The molecule has 0 unspecified atom stereocenters. The molecule has 3 N–H and O–H groups in total. The number of rotatable bonds is 3. The maximum Gasteiger partial charge on any atom is 0.0652 e. The molecule has 0 rings (SSSR count). The van der Waals surface area contributed by atoms with Gasteiger partial charge in [0.2, 0.25) is 0 Å². The molecule has 9 heavy (non-hydrogen) atoms. The van der Waals surface area contributed by atoms with Crippen molar-refractivity contribution in [2.24, 2.45) is 5.84 Å². The fourth-order valence-corrected chi connectivity index (χ4v) is 0.403. The van der Waals surface area contributed by atoms with E-state index in [1.165, 1.54) is 0 Å². The molecule has 3 nitrogen and oxygen atoms in total. The van der Waals surface area contributed by atoms with E-state index >= 15 is 0 Å². The van der Waals surface area contributed by atoms with Crippen LogP contribution >= 0.6 is 12.4 Å². The molecule has 0 radical (unpaired) electrons. The molecule has 0 aromatic carbocycles. The van der Waals surface area contributed by atoms with Crippen LogP contribution in [0.2, 0.25) is 0 Å². The molecule has 0 aliphatic rings. The summed E-state index contributed by atoms with van der Waals surface area (Å²) in [6.07, 6.45) is 0. The van der Waals surface area contributed by atoms with Crippen LogP contribution in [-0.4, -0.2) is 19.3 Å². The summed E-state index contributed by atoms with van der Waals surface area (Å²) in [5.74, 6) is 5.16. The SMILES string of the molecule is COCC(C)(C)NN.Cl. The predicted molar refractivity (Wildman–Crippen MR) is 40.5 cm³/mol. The number of halogens is 1. The Balaban J connectivity index is 0. The van der Waals surface area contributed by atoms with Gasteiger partial charge in [0.25, 0.3) is 0 Å². The third-order valence-electron chi connectivity index (χ3n) is 0.896. The predicted octanol–water partition coefficient (Wildman–Crippen LogP) is 0.297. The summed E-state index contributed by atoms with van der Waals surface area (Å²) in [5, 5.41) is 0. The molecule has 0 atom stereocenters. The van der Waals surface area contributed by atoms with Crippen LogP contribution in [0.4, 0.5) is 0 Å². The number of methoxy groups -OCH3 is 1. The normalized spacial score (nSPS) is 10.7. The van der Waals surface area contributed by atoms with Crippen molar-refractivity contribution in [3.8, 4) is 0 Å². The first-order chi connectivity index (χ1) is 3.62. The second kappa shape index (κ2) is 4.99. The molecule has 0 aromatic heterocycles. The lowest BCUT2D eigenvalue weighted by Crippen LogP contribution is -2.47. The van der Waals surface area contributed by atoms with E-state index in [0.717, 1.165) is 0 Å². The molecule has 0 bridgehead atoms. The average Bonchev–Trinajstić information content (AvgIpc) is 1.67. The summed E-state index contributed by atoms with van der Waals surface area (Å²) in [6.45, 7) is 4.57. The van der Waals surface area contributed by atoms with Crippen molar-refractivity contribution in [1.82, 2.24) is 5.43 Å². The summed E-state index contributed by atoms with van der Waals surface area (Å²) in [7, 11) is 1.65. The van der Waals surface area contributed by atoms with E-state index in [4.69, 9.17) is 10.6 Å². The third-order valence-corrected chi connectivity index (χ3v) is 0.896. The van der Waals surface area contributed by atoms with Crippen LogP contribution in [0, 0.1) is 0 Å². The first-order valence-corrected chi connectivity index (χ1v) is 2.59. The molecule has 0 fully saturated rings. The maximum absolute atomic E-state index is 5.16. The quantitative estimate of drug-likeness (QED) is 0.454. The number of hydrazine groups is 1. The van der Waals surface area contributed by atoms with Crippen LogP contribution < -0.4 is 11.3 Å². The Labute approximate surface area is 62.3 Å². The summed E-state index contributed by atoms with van der Waals surface area (Å²) in [4.78, 5) is 0. The lowest BCUT2D eigenvalue weighted by Gasteiger charge is -2.21. The van der Waals surface area contributed by atoms with Crippen LogP contribution in [0.5, 0.6) is 0 Å². The zero-order valence-electron chi connectivity index (χ0n) is 6.10. The van der Waals surface area contributed by atoms with E-state index < -0.39 is 0 Å². The van der Waals surface area contributed by atoms with E-state index in [1.807, 2.05) is 13.8 Å². The monoisotopic (exact) mass is 154 g/mol. The highest BCUT2D eigenvalue weighted by Gasteiger charge is 2.13. The van der Waals surface area contributed by atoms with Crippen molar-refractivity contribution in [3.05, 3.63) is 0 Å². The highest BCUT2D eigenvalue weighted by Crippen LogP contribution is 1.97. The topological polar surface area (TPSA) is 47.3 Å². The number of nitrogens with one attached hydrogen (secondary N) is 1. The summed E-state index contributed by atoms with van der Waals surface area (Å²) in [5.41, 5.74) is 2.51. The largest absolute Gasteiger partial charge is 0.383 e. The first-order valence-electron chi connectivity index (χ1n) is 2.59. The summed E-state index contributed by atoms with van der Waals surface area (Å²) in [6, 6.07) is 0. The van der Waals surface area contributed by atoms with Crippen molar-refractivity contribution < 1.29 is 4.74 Å². The molecular formula is C5H15ClN2O. The molecule has 58 valence electrons. The van der Waals surface area contributed by atoms with Gasteiger partial charge < -0.3 is 4.74 Å². The van der Waals surface area contributed by atoms with Gasteiger partial charge in [-0.2, -0.15) is 0 Å².